The molecular weight excluding hydrogens is 406 g/mol. The second-order valence-corrected chi connectivity index (χ2v) is 8.78. The van der Waals surface area contributed by atoms with Crippen LogP contribution in [0.5, 0.6) is 5.75 Å². The molecule has 0 aromatic carbocycles. The van der Waals surface area contributed by atoms with Crippen LogP contribution in [0.1, 0.15) is 25.7 Å². The van der Waals surface area contributed by atoms with E-state index in [4.69, 9.17) is 20.4 Å². The molecule has 10 heteroatoms. The Morgan fingerprint density at radius 1 is 1.16 bits per heavy atom. The van der Waals surface area contributed by atoms with Gasteiger partial charge in [0.15, 0.2) is 11.6 Å². The normalized spacial score (nSPS) is 28.9. The van der Waals surface area contributed by atoms with Gasteiger partial charge < -0.3 is 25.0 Å². The Hall–Kier alpha value is -2.75. The van der Waals surface area contributed by atoms with Gasteiger partial charge in [-0.25, -0.2) is 9.97 Å². The maximum absolute atomic E-state index is 12.8. The first-order valence-electron chi connectivity index (χ1n) is 10.8. The Labute approximate surface area is 178 Å². The second-order valence-electron chi connectivity index (χ2n) is 8.78. The average Bonchev–Trinajstić information content (AvgIpc) is 3.44. The number of ether oxygens (including phenoxy) is 2. The second kappa shape index (κ2) is 7.15. The summed E-state index contributed by atoms with van der Waals surface area (Å²) < 4.78 is 36.0. The zero-order valence-corrected chi connectivity index (χ0v) is 17.0. The Morgan fingerprint density at radius 2 is 2.06 bits per heavy atom. The van der Waals surface area contributed by atoms with Crippen molar-refractivity contribution >= 4 is 17.6 Å². The van der Waals surface area contributed by atoms with Gasteiger partial charge in [-0.3, -0.25) is 0 Å². The number of anilines is 3. The molecule has 4 atom stereocenters. The highest BCUT2D eigenvalue weighted by Gasteiger charge is 2.48. The molecule has 0 amide bonds. The van der Waals surface area contributed by atoms with E-state index in [1.165, 1.54) is 12.5 Å². The summed E-state index contributed by atoms with van der Waals surface area (Å²) in [5.74, 6) is 2.04. The monoisotopic (exact) mass is 430 g/mol. The smallest absolute Gasteiger partial charge is 0.387 e. The summed E-state index contributed by atoms with van der Waals surface area (Å²) >= 11 is 0. The Bertz CT molecular complexity index is 1000. The molecule has 2 N–H and O–H groups in total. The number of rotatable bonds is 5. The third kappa shape index (κ3) is 3.42. The molecule has 31 heavy (non-hydrogen) atoms. The van der Waals surface area contributed by atoms with Crippen molar-refractivity contribution in [3.05, 3.63) is 18.3 Å². The van der Waals surface area contributed by atoms with Crippen LogP contribution in [0.4, 0.5) is 26.4 Å². The summed E-state index contributed by atoms with van der Waals surface area (Å²) in [6, 6.07) is 4.17. The number of hydrogen-bond acceptors (Lipinski definition) is 8. The molecule has 0 spiro atoms. The Balaban J connectivity index is 1.41. The van der Waals surface area contributed by atoms with Crippen molar-refractivity contribution in [1.82, 2.24) is 15.0 Å². The molecule has 1 aliphatic carbocycles. The number of piperidine rings is 2. The lowest BCUT2D eigenvalue weighted by molar-refractivity contribution is -0.0494. The SMILES string of the molecule is Nc1ncc(-c2cc(N3C[C@@H]4CC[C@H]3CO4)nc(N3CCC4CC43)n2)cc1OC(F)F. The van der Waals surface area contributed by atoms with E-state index in [1.807, 2.05) is 6.07 Å². The Kier molecular flexibility index (Phi) is 4.38. The predicted molar refractivity (Wildman–Crippen MR) is 110 cm³/mol. The van der Waals surface area contributed by atoms with Crippen LogP contribution in [0.3, 0.4) is 0 Å². The van der Waals surface area contributed by atoms with Crippen LogP contribution in [0.25, 0.3) is 11.3 Å². The van der Waals surface area contributed by atoms with Gasteiger partial charge in [-0.2, -0.15) is 13.8 Å². The predicted octanol–water partition coefficient (Wildman–Crippen LogP) is 2.69. The average molecular weight is 430 g/mol. The molecule has 0 radical (unpaired) electrons. The van der Waals surface area contributed by atoms with Crippen LogP contribution in [0, 0.1) is 5.92 Å². The van der Waals surface area contributed by atoms with Crippen LogP contribution in [-0.2, 0) is 4.74 Å². The number of nitrogens with two attached hydrogens (primary N) is 1. The molecule has 8 nitrogen and oxygen atoms in total. The zero-order chi connectivity index (χ0) is 21.1. The minimum Gasteiger partial charge on any atom is -0.431 e. The summed E-state index contributed by atoms with van der Waals surface area (Å²) in [6.07, 6.45) is 6.24. The van der Waals surface area contributed by atoms with Gasteiger partial charge in [0.05, 0.1) is 24.4 Å². The summed E-state index contributed by atoms with van der Waals surface area (Å²) in [6.45, 7) is -0.542. The molecule has 2 aromatic heterocycles. The molecular formula is C21H24F2N6O2. The first-order valence-corrected chi connectivity index (χ1v) is 10.8. The van der Waals surface area contributed by atoms with E-state index in [-0.39, 0.29) is 23.7 Å². The van der Waals surface area contributed by atoms with E-state index in [1.54, 1.807) is 6.20 Å². The van der Waals surface area contributed by atoms with Gasteiger partial charge in [0.1, 0.15) is 5.82 Å². The van der Waals surface area contributed by atoms with Crippen LogP contribution in [0.2, 0.25) is 0 Å². The molecule has 5 fully saturated rings. The van der Waals surface area contributed by atoms with Crippen molar-refractivity contribution in [2.75, 3.05) is 35.2 Å². The number of nitrogens with zero attached hydrogens (tertiary/aromatic N) is 5. The van der Waals surface area contributed by atoms with E-state index in [9.17, 15) is 8.78 Å². The lowest BCUT2D eigenvalue weighted by Gasteiger charge is -2.45. The molecule has 164 valence electrons. The molecule has 6 heterocycles. The van der Waals surface area contributed by atoms with Crippen molar-refractivity contribution in [1.29, 1.82) is 0 Å². The van der Waals surface area contributed by atoms with E-state index in [0.29, 0.717) is 29.9 Å². The third-order valence-corrected chi connectivity index (χ3v) is 6.86. The van der Waals surface area contributed by atoms with Crippen LogP contribution in [-0.4, -0.2) is 59.4 Å². The number of nitrogen functional groups attached to an aromatic ring is 1. The molecule has 2 aromatic rings. The molecule has 7 rings (SSSR count). The van der Waals surface area contributed by atoms with E-state index >= 15 is 0 Å². The fourth-order valence-corrected chi connectivity index (χ4v) is 5.10. The van der Waals surface area contributed by atoms with Crippen molar-refractivity contribution in [3.63, 3.8) is 0 Å². The van der Waals surface area contributed by atoms with Crippen molar-refractivity contribution in [3.8, 4) is 17.0 Å². The molecule has 4 aliphatic heterocycles. The first-order chi connectivity index (χ1) is 15.0. The van der Waals surface area contributed by atoms with Gasteiger partial charge >= 0.3 is 6.61 Å². The highest BCUT2D eigenvalue weighted by molar-refractivity contribution is 5.68. The van der Waals surface area contributed by atoms with E-state index in [0.717, 1.165) is 44.1 Å². The van der Waals surface area contributed by atoms with Crippen LogP contribution in [0.15, 0.2) is 18.3 Å². The number of halogens is 2. The lowest BCUT2D eigenvalue weighted by Crippen LogP contribution is -2.55. The van der Waals surface area contributed by atoms with Gasteiger partial charge in [-0.15, -0.1) is 0 Å². The van der Waals surface area contributed by atoms with Gasteiger partial charge in [0, 0.05) is 37.0 Å². The Morgan fingerprint density at radius 3 is 2.71 bits per heavy atom. The molecule has 2 unspecified atom stereocenters. The van der Waals surface area contributed by atoms with Gasteiger partial charge in [0.25, 0.3) is 0 Å². The van der Waals surface area contributed by atoms with Crippen molar-refractivity contribution in [2.45, 2.75) is 50.5 Å². The summed E-state index contributed by atoms with van der Waals surface area (Å²) in [4.78, 5) is 18.4. The third-order valence-electron chi connectivity index (χ3n) is 6.86. The van der Waals surface area contributed by atoms with Crippen molar-refractivity contribution < 1.29 is 18.3 Å². The zero-order valence-electron chi connectivity index (χ0n) is 17.0. The fraction of sp³-hybridized carbons (Fsp3) is 0.571. The number of alkyl halides is 2. The molecule has 2 bridgehead atoms. The number of pyridine rings is 1. The first kappa shape index (κ1) is 19.0. The minimum atomic E-state index is -2.98. The number of hydrogen-bond donors (Lipinski definition) is 1. The number of aromatic nitrogens is 3. The van der Waals surface area contributed by atoms with E-state index < -0.39 is 6.61 Å². The number of fused-ring (bicyclic) bond motifs is 4. The summed E-state index contributed by atoms with van der Waals surface area (Å²) in [7, 11) is 0. The number of morpholine rings is 1. The maximum Gasteiger partial charge on any atom is 0.387 e. The highest BCUT2D eigenvalue weighted by atomic mass is 19.3. The molecule has 4 saturated heterocycles. The lowest BCUT2D eigenvalue weighted by atomic mass is 9.97. The topological polar surface area (TPSA) is 89.6 Å². The van der Waals surface area contributed by atoms with Crippen LogP contribution < -0.4 is 20.3 Å². The minimum absolute atomic E-state index is 0.0793. The standard InChI is InChI=1S/C21H24F2N6O2/c22-20(23)31-17-6-12(8-25-19(17)24)15-7-18(29-9-14-2-1-13(29)10-30-14)27-21(26-15)28-4-3-11-5-16(11)28/h6-8,11,13-14,16,20H,1-5,9-10H2,(H2,24,25)/t11?,13-,14-,16?/m0/s1. The molecule has 1 saturated carbocycles. The van der Waals surface area contributed by atoms with Gasteiger partial charge in [0.2, 0.25) is 5.95 Å². The maximum atomic E-state index is 12.8. The summed E-state index contributed by atoms with van der Waals surface area (Å²) in [5, 5.41) is 0. The van der Waals surface area contributed by atoms with Crippen molar-refractivity contribution in [2.24, 2.45) is 5.92 Å². The highest BCUT2D eigenvalue weighted by Crippen LogP contribution is 2.46. The summed E-state index contributed by atoms with van der Waals surface area (Å²) in [5.41, 5.74) is 6.92. The quantitative estimate of drug-likeness (QED) is 0.775. The molecule has 5 aliphatic rings. The fourth-order valence-electron chi connectivity index (χ4n) is 5.10. The van der Waals surface area contributed by atoms with Crippen LogP contribution >= 0.6 is 0 Å². The largest absolute Gasteiger partial charge is 0.431 e. The van der Waals surface area contributed by atoms with Gasteiger partial charge in [-0.1, -0.05) is 0 Å². The van der Waals surface area contributed by atoms with E-state index in [2.05, 4.69) is 19.5 Å². The van der Waals surface area contributed by atoms with Gasteiger partial charge in [-0.05, 0) is 37.7 Å².